The van der Waals surface area contributed by atoms with Gasteiger partial charge in [0.1, 0.15) is 11.1 Å². The molecule has 1 aromatic heterocycles. The average molecular weight is 496 g/mol. The number of hydroxylamine groups is 1. The van der Waals surface area contributed by atoms with Crippen LogP contribution in [-0.2, 0) is 9.63 Å². The van der Waals surface area contributed by atoms with E-state index in [1.807, 2.05) is 0 Å². The SMILES string of the molecule is C=CC(=O)Nc1ccccc1Nc1nc(Nc2cc(C(O)NOCCO)ccc2C#N)ncc1Cl. The van der Waals surface area contributed by atoms with Crippen molar-refractivity contribution in [3.63, 3.8) is 0 Å². The fraction of sp³-hybridized carbons (Fsp3) is 0.130. The minimum Gasteiger partial charge on any atom is -0.394 e. The average Bonchev–Trinajstić information content (AvgIpc) is 2.87. The minimum atomic E-state index is -1.21. The molecule has 12 heteroatoms. The Hall–Kier alpha value is -4.05. The van der Waals surface area contributed by atoms with Gasteiger partial charge in [-0.25, -0.2) is 4.98 Å². The van der Waals surface area contributed by atoms with E-state index in [-0.39, 0.29) is 41.5 Å². The maximum atomic E-state index is 11.7. The smallest absolute Gasteiger partial charge is 0.247 e. The van der Waals surface area contributed by atoms with Crippen LogP contribution in [0.4, 0.5) is 28.8 Å². The lowest BCUT2D eigenvalue weighted by Gasteiger charge is -2.16. The number of hydrogen-bond acceptors (Lipinski definition) is 10. The Morgan fingerprint density at radius 1 is 1.23 bits per heavy atom. The molecule has 1 atom stereocenters. The summed E-state index contributed by atoms with van der Waals surface area (Å²) in [6.07, 6.45) is 1.32. The Kier molecular flexibility index (Phi) is 9.08. The van der Waals surface area contributed by atoms with Gasteiger partial charge in [-0.05, 0) is 35.9 Å². The van der Waals surface area contributed by atoms with E-state index in [1.165, 1.54) is 18.3 Å². The van der Waals surface area contributed by atoms with Crippen molar-refractivity contribution in [1.82, 2.24) is 15.4 Å². The lowest BCUT2D eigenvalue weighted by atomic mass is 10.1. The van der Waals surface area contributed by atoms with Crippen LogP contribution in [0.15, 0.2) is 61.3 Å². The second-order valence-corrected chi connectivity index (χ2v) is 7.30. The van der Waals surface area contributed by atoms with Crippen LogP contribution < -0.4 is 21.4 Å². The molecular formula is C23H22ClN7O4. The van der Waals surface area contributed by atoms with E-state index in [4.69, 9.17) is 21.5 Å². The number of nitrogens with one attached hydrogen (secondary N) is 4. The molecule has 0 aliphatic rings. The fourth-order valence-electron chi connectivity index (χ4n) is 2.83. The molecule has 35 heavy (non-hydrogen) atoms. The summed E-state index contributed by atoms with van der Waals surface area (Å²) in [5.41, 5.74) is 4.42. The second-order valence-electron chi connectivity index (χ2n) is 6.89. The van der Waals surface area contributed by atoms with Crippen molar-refractivity contribution in [3.8, 4) is 6.07 Å². The number of anilines is 5. The first-order valence-corrected chi connectivity index (χ1v) is 10.6. The zero-order chi connectivity index (χ0) is 25.2. The van der Waals surface area contributed by atoms with Crippen molar-refractivity contribution in [2.45, 2.75) is 6.23 Å². The van der Waals surface area contributed by atoms with E-state index in [2.05, 4.69) is 44.0 Å². The standard InChI is InChI=1S/C23H22ClN7O4/c1-2-20(33)27-17-5-3-4-6-18(17)28-21-16(24)13-26-23(30-21)29-19-11-14(7-8-15(19)12-25)22(34)31-35-10-9-32/h2-8,11,13,22,31-32,34H,1,9-10H2,(H,27,33)(H2,26,28,29,30). The normalized spacial score (nSPS) is 11.3. The van der Waals surface area contributed by atoms with E-state index in [9.17, 15) is 15.2 Å². The molecule has 0 saturated carbocycles. The Morgan fingerprint density at radius 2 is 2.00 bits per heavy atom. The van der Waals surface area contributed by atoms with E-state index in [1.54, 1.807) is 30.3 Å². The molecule has 2 aromatic carbocycles. The van der Waals surface area contributed by atoms with Gasteiger partial charge < -0.3 is 26.2 Å². The first kappa shape index (κ1) is 25.6. The number of nitrogens with zero attached hydrogens (tertiary/aromatic N) is 3. The molecule has 0 spiro atoms. The summed E-state index contributed by atoms with van der Waals surface area (Å²) in [5.74, 6) is -0.00637. The molecule has 1 amide bonds. The molecular weight excluding hydrogens is 474 g/mol. The highest BCUT2D eigenvalue weighted by Gasteiger charge is 2.14. The molecule has 11 nitrogen and oxygen atoms in total. The minimum absolute atomic E-state index is 0.00671. The molecule has 3 aromatic rings. The molecule has 0 fully saturated rings. The molecule has 0 aliphatic heterocycles. The van der Waals surface area contributed by atoms with Gasteiger partial charge in [0.15, 0.2) is 12.0 Å². The van der Waals surface area contributed by atoms with Crippen LogP contribution in [0.3, 0.4) is 0 Å². The number of halogens is 1. The van der Waals surface area contributed by atoms with Crippen molar-refractivity contribution >= 4 is 46.3 Å². The molecule has 0 radical (unpaired) electrons. The number of carbonyl (C=O) groups is 1. The number of rotatable bonds is 11. The van der Waals surface area contributed by atoms with Crippen LogP contribution in [0.25, 0.3) is 0 Å². The van der Waals surface area contributed by atoms with Crippen LogP contribution in [0, 0.1) is 11.3 Å². The lowest BCUT2D eigenvalue weighted by molar-refractivity contribution is -0.111. The number of aliphatic hydroxyl groups is 2. The zero-order valence-electron chi connectivity index (χ0n) is 18.3. The molecule has 180 valence electrons. The molecule has 0 saturated heterocycles. The molecule has 6 N–H and O–H groups in total. The second kappa shape index (κ2) is 12.4. The van der Waals surface area contributed by atoms with E-state index in [0.29, 0.717) is 22.6 Å². The summed E-state index contributed by atoms with van der Waals surface area (Å²) in [6, 6.07) is 13.6. The van der Waals surface area contributed by atoms with Crippen LogP contribution in [0.1, 0.15) is 17.4 Å². The van der Waals surface area contributed by atoms with Crippen LogP contribution in [0.5, 0.6) is 0 Å². The van der Waals surface area contributed by atoms with Gasteiger partial charge in [-0.2, -0.15) is 15.7 Å². The third-order valence-corrected chi connectivity index (χ3v) is 4.76. The summed E-state index contributed by atoms with van der Waals surface area (Å²) in [5, 5.41) is 37.4. The number of aliphatic hydroxyl groups excluding tert-OH is 2. The van der Waals surface area contributed by atoms with Gasteiger partial charge in [0.25, 0.3) is 0 Å². The monoisotopic (exact) mass is 495 g/mol. The highest BCUT2D eigenvalue weighted by atomic mass is 35.5. The lowest BCUT2D eigenvalue weighted by Crippen LogP contribution is -2.23. The van der Waals surface area contributed by atoms with Crippen molar-refractivity contribution < 1.29 is 19.8 Å². The summed E-state index contributed by atoms with van der Waals surface area (Å²) < 4.78 is 0. The summed E-state index contributed by atoms with van der Waals surface area (Å²) in [4.78, 5) is 25.2. The zero-order valence-corrected chi connectivity index (χ0v) is 19.1. The molecule has 1 unspecified atom stereocenters. The number of aromatic nitrogens is 2. The predicted octanol–water partition coefficient (Wildman–Crippen LogP) is 3.12. The van der Waals surface area contributed by atoms with Crippen LogP contribution >= 0.6 is 11.6 Å². The predicted molar refractivity (Wildman–Crippen MR) is 131 cm³/mol. The van der Waals surface area contributed by atoms with Crippen molar-refractivity contribution in [2.75, 3.05) is 29.2 Å². The Labute approximate surface area is 206 Å². The summed E-state index contributed by atoms with van der Waals surface area (Å²) in [7, 11) is 0. The maximum absolute atomic E-state index is 11.7. The number of para-hydroxylation sites is 2. The molecule has 0 aliphatic carbocycles. The Bertz CT molecular complexity index is 1250. The van der Waals surface area contributed by atoms with E-state index >= 15 is 0 Å². The number of amides is 1. The van der Waals surface area contributed by atoms with E-state index in [0.717, 1.165) is 6.08 Å². The third-order valence-electron chi connectivity index (χ3n) is 4.48. The van der Waals surface area contributed by atoms with Gasteiger partial charge in [-0.1, -0.05) is 36.4 Å². The fourth-order valence-corrected chi connectivity index (χ4v) is 2.97. The van der Waals surface area contributed by atoms with Crippen molar-refractivity contribution in [3.05, 3.63) is 77.5 Å². The summed E-state index contributed by atoms with van der Waals surface area (Å²) >= 11 is 6.28. The van der Waals surface area contributed by atoms with Gasteiger partial charge in [0, 0.05) is 0 Å². The number of nitriles is 1. The van der Waals surface area contributed by atoms with Gasteiger partial charge in [-0.3, -0.25) is 9.63 Å². The largest absolute Gasteiger partial charge is 0.394 e. The van der Waals surface area contributed by atoms with Crippen LogP contribution in [-0.4, -0.2) is 39.3 Å². The number of benzene rings is 2. The van der Waals surface area contributed by atoms with E-state index < -0.39 is 6.23 Å². The van der Waals surface area contributed by atoms with Crippen molar-refractivity contribution in [2.24, 2.45) is 0 Å². The molecule has 3 rings (SSSR count). The Morgan fingerprint density at radius 3 is 2.71 bits per heavy atom. The van der Waals surface area contributed by atoms with Crippen LogP contribution in [0.2, 0.25) is 5.02 Å². The highest BCUT2D eigenvalue weighted by Crippen LogP contribution is 2.30. The number of hydrogen-bond donors (Lipinski definition) is 6. The number of carbonyl (C=O) groups excluding carboxylic acids is 1. The van der Waals surface area contributed by atoms with Gasteiger partial charge >= 0.3 is 0 Å². The topological polar surface area (TPSA) is 164 Å². The quantitative estimate of drug-likeness (QED) is 0.101. The van der Waals surface area contributed by atoms with Gasteiger partial charge in [0.05, 0.1) is 42.0 Å². The Balaban J connectivity index is 1.85. The highest BCUT2D eigenvalue weighted by molar-refractivity contribution is 6.33. The van der Waals surface area contributed by atoms with Crippen molar-refractivity contribution in [1.29, 1.82) is 5.26 Å². The molecule has 1 heterocycles. The first-order valence-electron chi connectivity index (χ1n) is 10.2. The van der Waals surface area contributed by atoms with Gasteiger partial charge in [0.2, 0.25) is 11.9 Å². The first-order chi connectivity index (χ1) is 16.9. The summed E-state index contributed by atoms with van der Waals surface area (Å²) in [6.45, 7) is 3.22. The molecule has 0 bridgehead atoms. The third kappa shape index (κ3) is 6.97. The van der Waals surface area contributed by atoms with Gasteiger partial charge in [-0.15, -0.1) is 0 Å². The maximum Gasteiger partial charge on any atom is 0.247 e.